The highest BCUT2D eigenvalue weighted by molar-refractivity contribution is 7.17. The van der Waals surface area contributed by atoms with Gasteiger partial charge in [0.25, 0.3) is 11.8 Å². The van der Waals surface area contributed by atoms with Gasteiger partial charge in [0.05, 0.1) is 43.4 Å². The number of amides is 2. The zero-order chi connectivity index (χ0) is 50.5. The molecular weight excluding hydrogens is 921 g/mol. The number of benzene rings is 2. The molecule has 2 aromatic carbocycles. The number of nitrogens with zero attached hydrogens (tertiary/aromatic N) is 2. The zero-order valence-electron chi connectivity index (χ0n) is 43.5. The Kier molecular flexibility index (Phi) is 21.0. The molecule has 0 N–H and O–H groups in total. The SMILES string of the molecule is CCCCC(CC)CCc1cc(F)c(-c2ccc(C3=C4C(=O)N(CC(CC)CCCC)C(c5ccc(-c6c(F)cc(CCC(CC)CCCC)cc6F)s5)=C4C(=O)N3CC(CC)CCCC)s2)c(F)c1. The van der Waals surface area contributed by atoms with Gasteiger partial charge in [-0.25, -0.2) is 17.6 Å². The molecule has 10 heteroatoms. The number of hydrogen-bond donors (Lipinski definition) is 0. The maximum atomic E-state index is 16.2. The minimum absolute atomic E-state index is 0.109. The average Bonchev–Trinajstić information content (AvgIpc) is 4.14. The Morgan fingerprint density at radius 2 is 0.729 bits per heavy atom. The lowest BCUT2D eigenvalue weighted by Gasteiger charge is -2.29. The minimum atomic E-state index is -0.625. The molecule has 0 radical (unpaired) electrons. The van der Waals surface area contributed by atoms with Gasteiger partial charge in [0.15, 0.2) is 0 Å². The van der Waals surface area contributed by atoms with Crippen molar-refractivity contribution in [2.24, 2.45) is 23.7 Å². The number of carbonyl (C=O) groups excluding carboxylic acids is 2. The quantitative estimate of drug-likeness (QED) is 0.0489. The molecule has 2 amide bonds. The summed E-state index contributed by atoms with van der Waals surface area (Å²) in [4.78, 5) is 36.1. The third-order valence-electron chi connectivity index (χ3n) is 15.3. The summed E-state index contributed by atoms with van der Waals surface area (Å²) in [5.74, 6) is -1.77. The van der Waals surface area contributed by atoms with Crippen molar-refractivity contribution in [3.8, 4) is 20.9 Å². The number of thiophene rings is 2. The molecular formula is C60H80F4N2O2S2. The fourth-order valence-electron chi connectivity index (χ4n) is 10.7. The van der Waals surface area contributed by atoms with E-state index in [-0.39, 0.29) is 45.9 Å². The molecule has 0 fully saturated rings. The fourth-order valence-corrected chi connectivity index (χ4v) is 12.9. The highest BCUT2D eigenvalue weighted by atomic mass is 32.1. The first kappa shape index (κ1) is 55.3. The van der Waals surface area contributed by atoms with Crippen molar-refractivity contribution in [3.05, 3.63) is 104 Å². The fraction of sp³-hybridized carbons (Fsp3) is 0.567. The number of carbonyl (C=O) groups is 2. The summed E-state index contributed by atoms with van der Waals surface area (Å²) in [6.45, 7) is 18.0. The van der Waals surface area contributed by atoms with E-state index in [1.54, 1.807) is 34.1 Å². The van der Waals surface area contributed by atoms with Crippen LogP contribution in [0.4, 0.5) is 17.6 Å². The van der Waals surface area contributed by atoms with E-state index >= 15 is 27.2 Å². The van der Waals surface area contributed by atoms with Crippen LogP contribution in [-0.2, 0) is 22.4 Å². The molecule has 2 aliphatic heterocycles. The molecule has 382 valence electrons. The summed E-state index contributed by atoms with van der Waals surface area (Å²) >= 11 is 2.39. The minimum Gasteiger partial charge on any atom is -0.306 e. The molecule has 4 atom stereocenters. The van der Waals surface area contributed by atoms with Gasteiger partial charge < -0.3 is 9.80 Å². The maximum absolute atomic E-state index is 16.2. The van der Waals surface area contributed by atoms with Gasteiger partial charge in [-0.15, -0.1) is 22.7 Å². The third kappa shape index (κ3) is 13.0. The van der Waals surface area contributed by atoms with Crippen molar-refractivity contribution < 1.29 is 27.2 Å². The number of unbranched alkanes of at least 4 members (excludes halogenated alkanes) is 4. The van der Waals surface area contributed by atoms with E-state index in [2.05, 4.69) is 55.4 Å². The van der Waals surface area contributed by atoms with Crippen molar-refractivity contribution >= 4 is 45.9 Å². The standard InChI is InChI=1S/C60H80F4N2O2S2/c1-9-17-21-39(13-5)25-27-43-33-45(61)53(46(62)34-43)49-29-31-51(69-49)57-55-56(60(68)65(57)37-41(15-7)23-19-11-3)58(66(59(55)67)38-42(16-8)24-20-12-4)52-32-30-50(70-52)54-47(63)35-44(36-48(54)64)28-26-40(14-6)22-18-10-2/h29-36,39-42H,9-28,37-38H2,1-8H3. The summed E-state index contributed by atoms with van der Waals surface area (Å²) in [5.41, 5.74) is 2.58. The van der Waals surface area contributed by atoms with Gasteiger partial charge in [0, 0.05) is 22.8 Å². The first-order valence-corrected chi connectivity index (χ1v) is 28.8. The molecule has 2 aromatic heterocycles. The van der Waals surface area contributed by atoms with Crippen LogP contribution in [0.1, 0.15) is 192 Å². The number of rotatable bonds is 30. The van der Waals surface area contributed by atoms with E-state index in [0.717, 1.165) is 116 Å². The summed E-state index contributed by atoms with van der Waals surface area (Å²) in [5, 5.41) is 0. The van der Waals surface area contributed by atoms with Crippen molar-refractivity contribution in [1.82, 2.24) is 9.80 Å². The molecule has 0 saturated carbocycles. The van der Waals surface area contributed by atoms with E-state index in [4.69, 9.17) is 0 Å². The van der Waals surface area contributed by atoms with E-state index in [9.17, 15) is 0 Å². The van der Waals surface area contributed by atoms with E-state index in [1.165, 1.54) is 46.9 Å². The largest absolute Gasteiger partial charge is 0.306 e. The van der Waals surface area contributed by atoms with Crippen LogP contribution in [0.3, 0.4) is 0 Å². The van der Waals surface area contributed by atoms with Crippen LogP contribution in [0, 0.1) is 46.9 Å². The second-order valence-corrected chi connectivity index (χ2v) is 22.4. The van der Waals surface area contributed by atoms with Gasteiger partial charge in [-0.1, -0.05) is 145 Å². The van der Waals surface area contributed by atoms with Crippen LogP contribution < -0.4 is 0 Å². The van der Waals surface area contributed by atoms with Crippen LogP contribution in [0.5, 0.6) is 0 Å². The third-order valence-corrected chi connectivity index (χ3v) is 17.5. The second kappa shape index (κ2) is 26.6. The number of fused-ring (bicyclic) bond motifs is 1. The highest BCUT2D eigenvalue weighted by Gasteiger charge is 2.50. The molecule has 0 aliphatic carbocycles. The molecule has 4 heterocycles. The van der Waals surface area contributed by atoms with Crippen LogP contribution in [0.2, 0.25) is 0 Å². The van der Waals surface area contributed by atoms with Gasteiger partial charge in [-0.05, 0) is 122 Å². The van der Waals surface area contributed by atoms with E-state index in [0.29, 0.717) is 79.8 Å². The van der Waals surface area contributed by atoms with E-state index in [1.807, 2.05) is 0 Å². The molecule has 4 nitrogen and oxygen atoms in total. The molecule has 4 unspecified atom stereocenters. The van der Waals surface area contributed by atoms with Crippen molar-refractivity contribution in [2.45, 2.75) is 184 Å². The normalized spacial score (nSPS) is 15.8. The van der Waals surface area contributed by atoms with Gasteiger partial charge in [-0.2, -0.15) is 0 Å². The number of halogens is 4. The summed E-state index contributed by atoms with van der Waals surface area (Å²) < 4.78 is 64.6. The first-order chi connectivity index (χ1) is 33.9. The summed E-state index contributed by atoms with van der Waals surface area (Å²) in [6.07, 6.45) is 19.2. The lowest BCUT2D eigenvalue weighted by Crippen LogP contribution is -2.34. The van der Waals surface area contributed by atoms with Gasteiger partial charge in [0.1, 0.15) is 23.3 Å². The van der Waals surface area contributed by atoms with Gasteiger partial charge >= 0.3 is 0 Å². The molecule has 4 aromatic rings. The predicted octanol–water partition coefficient (Wildman–Crippen LogP) is 18.2. The number of hydrogen-bond acceptors (Lipinski definition) is 4. The lowest BCUT2D eigenvalue weighted by molar-refractivity contribution is -0.124. The van der Waals surface area contributed by atoms with Gasteiger partial charge in [-0.3, -0.25) is 9.59 Å². The Bertz CT molecular complexity index is 2230. The molecule has 70 heavy (non-hydrogen) atoms. The first-order valence-electron chi connectivity index (χ1n) is 27.2. The number of aryl methyl sites for hydroxylation is 2. The molecule has 0 bridgehead atoms. The van der Waals surface area contributed by atoms with Crippen LogP contribution in [-0.4, -0.2) is 34.7 Å². The zero-order valence-corrected chi connectivity index (χ0v) is 45.2. The van der Waals surface area contributed by atoms with Crippen molar-refractivity contribution in [2.75, 3.05) is 13.1 Å². The maximum Gasteiger partial charge on any atom is 0.261 e. The Morgan fingerprint density at radius 3 is 1.03 bits per heavy atom. The van der Waals surface area contributed by atoms with Crippen LogP contribution in [0.25, 0.3) is 32.3 Å². The molecule has 0 spiro atoms. The topological polar surface area (TPSA) is 40.6 Å². The lowest BCUT2D eigenvalue weighted by atomic mass is 9.92. The Morgan fingerprint density at radius 1 is 0.429 bits per heavy atom. The molecule has 6 rings (SSSR count). The highest BCUT2D eigenvalue weighted by Crippen LogP contribution is 2.51. The average molecular weight is 1000 g/mol. The smallest absolute Gasteiger partial charge is 0.261 e. The van der Waals surface area contributed by atoms with Crippen LogP contribution >= 0.6 is 22.7 Å². The molecule has 0 saturated heterocycles. The van der Waals surface area contributed by atoms with Crippen LogP contribution in [0.15, 0.2) is 59.7 Å². The summed E-state index contributed by atoms with van der Waals surface area (Å²) in [6, 6.07) is 12.8. The van der Waals surface area contributed by atoms with E-state index < -0.39 is 23.3 Å². The molecule has 2 aliphatic rings. The predicted molar refractivity (Wildman–Crippen MR) is 286 cm³/mol. The van der Waals surface area contributed by atoms with Crippen molar-refractivity contribution in [1.29, 1.82) is 0 Å². The Labute approximate surface area is 426 Å². The summed E-state index contributed by atoms with van der Waals surface area (Å²) in [7, 11) is 0. The Balaban J connectivity index is 1.45. The monoisotopic (exact) mass is 1000 g/mol. The Hall–Kier alpha value is -4.02. The second-order valence-electron chi connectivity index (χ2n) is 20.2. The van der Waals surface area contributed by atoms with Gasteiger partial charge in [0.2, 0.25) is 0 Å². The van der Waals surface area contributed by atoms with Crippen molar-refractivity contribution in [3.63, 3.8) is 0 Å².